The summed E-state index contributed by atoms with van der Waals surface area (Å²) in [6.45, 7) is 9.39. The quantitative estimate of drug-likeness (QED) is 0.757. The summed E-state index contributed by atoms with van der Waals surface area (Å²) < 4.78 is 0. The average Bonchev–Trinajstić information content (AvgIpc) is 2.42. The Morgan fingerprint density at radius 2 is 2.00 bits per heavy atom. The topological polar surface area (TPSA) is 29.1 Å². The lowest BCUT2D eigenvalue weighted by atomic mass is 9.99. The van der Waals surface area contributed by atoms with Crippen LogP contribution in [0.3, 0.4) is 0 Å². The van der Waals surface area contributed by atoms with E-state index in [0.717, 1.165) is 18.5 Å². The molecule has 0 spiro atoms. The van der Waals surface area contributed by atoms with Crippen LogP contribution in [0.15, 0.2) is 18.2 Å². The van der Waals surface area contributed by atoms with Crippen LogP contribution < -0.4 is 5.32 Å². The van der Waals surface area contributed by atoms with Gasteiger partial charge in [0.2, 0.25) is 5.91 Å². The van der Waals surface area contributed by atoms with Crippen LogP contribution in [0, 0.1) is 19.8 Å². The molecular formula is C18H29NO. The average molecular weight is 275 g/mol. The van der Waals surface area contributed by atoms with Gasteiger partial charge in [-0.25, -0.2) is 0 Å². The first-order valence-electron chi connectivity index (χ1n) is 7.89. The van der Waals surface area contributed by atoms with Crippen LogP contribution in [0.25, 0.3) is 0 Å². The van der Waals surface area contributed by atoms with Crippen molar-refractivity contribution >= 4 is 5.91 Å². The van der Waals surface area contributed by atoms with E-state index < -0.39 is 0 Å². The SMILES string of the molecule is CCCC[C@H](CC)CNC(=O)Cc1ccc(C)cc1C. The molecule has 1 aromatic carbocycles. The van der Waals surface area contributed by atoms with Gasteiger partial charge in [-0.15, -0.1) is 0 Å². The van der Waals surface area contributed by atoms with Crippen molar-refractivity contribution in [3.63, 3.8) is 0 Å². The molecule has 0 saturated carbocycles. The van der Waals surface area contributed by atoms with Crippen LogP contribution in [-0.4, -0.2) is 12.5 Å². The minimum Gasteiger partial charge on any atom is -0.356 e. The van der Waals surface area contributed by atoms with Crippen LogP contribution in [0.5, 0.6) is 0 Å². The summed E-state index contributed by atoms with van der Waals surface area (Å²) in [6, 6.07) is 6.28. The maximum atomic E-state index is 12.0. The molecule has 1 amide bonds. The Labute approximate surface area is 124 Å². The fourth-order valence-electron chi connectivity index (χ4n) is 2.48. The van der Waals surface area contributed by atoms with Gasteiger partial charge in [-0.3, -0.25) is 4.79 Å². The number of benzene rings is 1. The standard InChI is InChI=1S/C18H29NO/c1-5-7-8-16(6-2)13-19-18(20)12-17-10-9-14(3)11-15(17)4/h9-11,16H,5-8,12-13H2,1-4H3,(H,19,20)/t16-/m0/s1. The molecule has 112 valence electrons. The molecule has 0 bridgehead atoms. The molecule has 0 fully saturated rings. The highest BCUT2D eigenvalue weighted by atomic mass is 16.1. The van der Waals surface area contributed by atoms with Gasteiger partial charge >= 0.3 is 0 Å². The molecule has 1 atom stereocenters. The zero-order valence-corrected chi connectivity index (χ0v) is 13.5. The molecule has 0 aliphatic carbocycles. The summed E-state index contributed by atoms with van der Waals surface area (Å²) in [5, 5.41) is 3.09. The number of nitrogens with one attached hydrogen (secondary N) is 1. The molecule has 1 aromatic rings. The van der Waals surface area contributed by atoms with E-state index in [1.165, 1.54) is 30.4 Å². The molecule has 1 N–H and O–H groups in total. The monoisotopic (exact) mass is 275 g/mol. The second-order valence-electron chi connectivity index (χ2n) is 5.83. The van der Waals surface area contributed by atoms with E-state index in [0.29, 0.717) is 12.3 Å². The van der Waals surface area contributed by atoms with E-state index in [1.54, 1.807) is 0 Å². The van der Waals surface area contributed by atoms with Gasteiger partial charge in [0.1, 0.15) is 0 Å². The van der Waals surface area contributed by atoms with Crippen molar-refractivity contribution in [2.75, 3.05) is 6.54 Å². The van der Waals surface area contributed by atoms with E-state index in [-0.39, 0.29) is 5.91 Å². The molecular weight excluding hydrogens is 246 g/mol. The Morgan fingerprint density at radius 1 is 1.25 bits per heavy atom. The van der Waals surface area contributed by atoms with Crippen molar-refractivity contribution in [3.05, 3.63) is 34.9 Å². The van der Waals surface area contributed by atoms with Crippen LogP contribution >= 0.6 is 0 Å². The molecule has 0 saturated heterocycles. The summed E-state index contributed by atoms with van der Waals surface area (Å²) in [4.78, 5) is 12.0. The third-order valence-electron chi connectivity index (χ3n) is 3.98. The Balaban J connectivity index is 2.43. The first-order chi connectivity index (χ1) is 9.56. The van der Waals surface area contributed by atoms with Crippen molar-refractivity contribution in [2.24, 2.45) is 5.92 Å². The third-order valence-corrected chi connectivity index (χ3v) is 3.98. The number of carbonyl (C=O) groups is 1. The predicted octanol–water partition coefficient (Wildman–Crippen LogP) is 4.18. The van der Waals surface area contributed by atoms with Crippen molar-refractivity contribution in [1.82, 2.24) is 5.32 Å². The van der Waals surface area contributed by atoms with E-state index in [2.05, 4.69) is 51.2 Å². The largest absolute Gasteiger partial charge is 0.356 e. The number of hydrogen-bond donors (Lipinski definition) is 1. The van der Waals surface area contributed by atoms with Gasteiger partial charge < -0.3 is 5.32 Å². The van der Waals surface area contributed by atoms with E-state index in [1.807, 2.05) is 0 Å². The van der Waals surface area contributed by atoms with Crippen molar-refractivity contribution in [1.29, 1.82) is 0 Å². The third kappa shape index (κ3) is 5.77. The van der Waals surface area contributed by atoms with Gasteiger partial charge in [0.25, 0.3) is 0 Å². The van der Waals surface area contributed by atoms with Crippen LogP contribution in [0.1, 0.15) is 56.2 Å². The maximum absolute atomic E-state index is 12.0. The number of hydrogen-bond acceptors (Lipinski definition) is 1. The highest BCUT2D eigenvalue weighted by molar-refractivity contribution is 5.78. The zero-order valence-electron chi connectivity index (χ0n) is 13.5. The summed E-state index contributed by atoms with van der Waals surface area (Å²) in [5.74, 6) is 0.768. The molecule has 20 heavy (non-hydrogen) atoms. The van der Waals surface area contributed by atoms with Gasteiger partial charge in [0.15, 0.2) is 0 Å². The highest BCUT2D eigenvalue weighted by Gasteiger charge is 2.10. The molecule has 2 heteroatoms. The molecule has 0 heterocycles. The van der Waals surface area contributed by atoms with Crippen molar-refractivity contribution in [3.8, 4) is 0 Å². The summed E-state index contributed by atoms with van der Waals surface area (Å²) >= 11 is 0. The lowest BCUT2D eigenvalue weighted by molar-refractivity contribution is -0.120. The van der Waals surface area contributed by atoms with Gasteiger partial charge in [-0.1, -0.05) is 56.9 Å². The lowest BCUT2D eigenvalue weighted by Gasteiger charge is -2.15. The zero-order chi connectivity index (χ0) is 15.0. The summed E-state index contributed by atoms with van der Waals surface area (Å²) in [5.41, 5.74) is 3.59. The normalized spacial score (nSPS) is 12.2. The summed E-state index contributed by atoms with van der Waals surface area (Å²) in [6.07, 6.45) is 5.34. The van der Waals surface area contributed by atoms with Crippen LogP contribution in [0.2, 0.25) is 0 Å². The number of carbonyl (C=O) groups excluding carboxylic acids is 1. The molecule has 2 nitrogen and oxygen atoms in total. The minimum atomic E-state index is 0.145. The van der Waals surface area contributed by atoms with E-state index in [4.69, 9.17) is 0 Å². The van der Waals surface area contributed by atoms with Crippen LogP contribution in [0.4, 0.5) is 0 Å². The highest BCUT2D eigenvalue weighted by Crippen LogP contribution is 2.13. The Hall–Kier alpha value is -1.31. The smallest absolute Gasteiger partial charge is 0.224 e. The maximum Gasteiger partial charge on any atom is 0.224 e. The number of aryl methyl sites for hydroxylation is 2. The Kier molecular flexibility index (Phi) is 7.35. The van der Waals surface area contributed by atoms with Crippen LogP contribution in [-0.2, 0) is 11.2 Å². The Morgan fingerprint density at radius 3 is 2.60 bits per heavy atom. The fraction of sp³-hybridized carbons (Fsp3) is 0.611. The van der Waals surface area contributed by atoms with Gasteiger partial charge in [-0.2, -0.15) is 0 Å². The minimum absolute atomic E-state index is 0.145. The lowest BCUT2D eigenvalue weighted by Crippen LogP contribution is -2.30. The second kappa shape index (κ2) is 8.78. The predicted molar refractivity (Wildman–Crippen MR) is 85.9 cm³/mol. The van der Waals surface area contributed by atoms with Gasteiger partial charge in [0, 0.05) is 6.54 Å². The number of amides is 1. The molecule has 0 radical (unpaired) electrons. The number of rotatable bonds is 8. The first-order valence-corrected chi connectivity index (χ1v) is 7.89. The summed E-state index contributed by atoms with van der Waals surface area (Å²) in [7, 11) is 0. The van der Waals surface area contributed by atoms with Gasteiger partial charge in [-0.05, 0) is 37.3 Å². The van der Waals surface area contributed by atoms with Crippen molar-refractivity contribution < 1.29 is 4.79 Å². The Bertz CT molecular complexity index is 425. The molecule has 1 rings (SSSR count). The number of unbranched alkanes of at least 4 members (excludes halogenated alkanes) is 1. The second-order valence-corrected chi connectivity index (χ2v) is 5.83. The molecule has 0 unspecified atom stereocenters. The first kappa shape index (κ1) is 16.7. The van der Waals surface area contributed by atoms with E-state index >= 15 is 0 Å². The molecule has 0 aromatic heterocycles. The van der Waals surface area contributed by atoms with E-state index in [9.17, 15) is 4.79 Å². The molecule has 0 aliphatic heterocycles. The molecule has 0 aliphatic rings. The van der Waals surface area contributed by atoms with Gasteiger partial charge in [0.05, 0.1) is 6.42 Å². The fourth-order valence-corrected chi connectivity index (χ4v) is 2.48. The van der Waals surface area contributed by atoms with Crippen molar-refractivity contribution in [2.45, 2.75) is 59.8 Å².